The number of ether oxygens (including phenoxy) is 2. The molecule has 5 N–H and O–H groups in total. The summed E-state index contributed by atoms with van der Waals surface area (Å²) in [5.41, 5.74) is 15.3. The van der Waals surface area contributed by atoms with Crippen LogP contribution in [0.2, 0.25) is 5.15 Å². The third kappa shape index (κ3) is 5.82. The highest BCUT2D eigenvalue weighted by atomic mass is 35.5. The van der Waals surface area contributed by atoms with Crippen LogP contribution in [-0.4, -0.2) is 28.7 Å². The highest BCUT2D eigenvalue weighted by molar-refractivity contribution is 6.32. The monoisotopic (exact) mass is 465 g/mol. The maximum Gasteiger partial charge on any atom is 0.223 e. The first-order chi connectivity index (χ1) is 16.0. The Morgan fingerprint density at radius 2 is 1.61 bits per heavy atom. The average molecular weight is 466 g/mol. The SMILES string of the molecule is C=C1[C@@H](Nc2nc(N)nc(Cl)c2N)C[C@H](OCc2ccccc2)[C@H]1COCc1ccccc1. The molecule has 1 fully saturated rings. The normalized spacial score (nSPS) is 20.2. The maximum atomic E-state index is 6.32. The molecule has 1 saturated carbocycles. The first-order valence-electron chi connectivity index (χ1n) is 10.8. The molecular formula is C25H28ClN5O2. The zero-order chi connectivity index (χ0) is 23.2. The van der Waals surface area contributed by atoms with Crippen LogP contribution in [0.4, 0.5) is 17.5 Å². The Kier molecular flexibility index (Phi) is 7.44. The van der Waals surface area contributed by atoms with E-state index in [9.17, 15) is 0 Å². The van der Waals surface area contributed by atoms with Gasteiger partial charge in [0.25, 0.3) is 0 Å². The maximum absolute atomic E-state index is 6.32. The third-order valence-corrected chi connectivity index (χ3v) is 6.07. The van der Waals surface area contributed by atoms with Crippen molar-refractivity contribution in [2.45, 2.75) is 31.8 Å². The average Bonchev–Trinajstić information content (AvgIpc) is 3.11. The molecule has 3 atom stereocenters. The number of nitrogens with zero attached hydrogens (tertiary/aromatic N) is 2. The van der Waals surface area contributed by atoms with Crippen molar-refractivity contribution in [3.05, 3.63) is 89.1 Å². The Balaban J connectivity index is 1.46. The van der Waals surface area contributed by atoms with Gasteiger partial charge in [0.2, 0.25) is 5.95 Å². The molecule has 4 rings (SSSR count). The third-order valence-electron chi connectivity index (χ3n) is 5.78. The zero-order valence-corrected chi connectivity index (χ0v) is 19.0. The van der Waals surface area contributed by atoms with Gasteiger partial charge in [-0.2, -0.15) is 9.97 Å². The van der Waals surface area contributed by atoms with Crippen LogP contribution in [0.15, 0.2) is 72.8 Å². The fourth-order valence-corrected chi connectivity index (χ4v) is 4.16. The van der Waals surface area contributed by atoms with E-state index < -0.39 is 0 Å². The molecule has 1 aliphatic rings. The smallest absolute Gasteiger partial charge is 0.223 e. The predicted molar refractivity (Wildman–Crippen MR) is 132 cm³/mol. The fourth-order valence-electron chi connectivity index (χ4n) is 3.98. The van der Waals surface area contributed by atoms with E-state index in [1.165, 1.54) is 0 Å². The molecule has 0 aliphatic heterocycles. The van der Waals surface area contributed by atoms with Crippen LogP contribution in [0, 0.1) is 5.92 Å². The first kappa shape index (κ1) is 23.0. The second-order valence-corrected chi connectivity index (χ2v) is 8.44. The van der Waals surface area contributed by atoms with E-state index in [0.717, 1.165) is 16.7 Å². The zero-order valence-electron chi connectivity index (χ0n) is 18.3. The van der Waals surface area contributed by atoms with Gasteiger partial charge in [0.15, 0.2) is 11.0 Å². The van der Waals surface area contributed by atoms with Crippen LogP contribution >= 0.6 is 11.6 Å². The number of rotatable bonds is 9. The van der Waals surface area contributed by atoms with Gasteiger partial charge in [0.05, 0.1) is 32.0 Å². The van der Waals surface area contributed by atoms with Gasteiger partial charge in [0.1, 0.15) is 5.69 Å². The Morgan fingerprint density at radius 1 is 0.970 bits per heavy atom. The van der Waals surface area contributed by atoms with E-state index in [1.54, 1.807) is 0 Å². The molecule has 1 heterocycles. The van der Waals surface area contributed by atoms with Gasteiger partial charge in [-0.25, -0.2) is 0 Å². The molecule has 7 nitrogen and oxygen atoms in total. The van der Waals surface area contributed by atoms with Crippen LogP contribution < -0.4 is 16.8 Å². The molecule has 8 heteroatoms. The van der Waals surface area contributed by atoms with Crippen LogP contribution in [0.5, 0.6) is 0 Å². The number of benzene rings is 2. The lowest BCUT2D eigenvalue weighted by atomic mass is 10.0. The molecule has 1 aliphatic carbocycles. The van der Waals surface area contributed by atoms with Gasteiger partial charge in [-0.1, -0.05) is 78.8 Å². The van der Waals surface area contributed by atoms with E-state index >= 15 is 0 Å². The molecule has 172 valence electrons. The largest absolute Gasteiger partial charge is 0.393 e. The minimum absolute atomic E-state index is 0.00538. The summed E-state index contributed by atoms with van der Waals surface area (Å²) in [7, 11) is 0. The molecule has 0 unspecified atom stereocenters. The van der Waals surface area contributed by atoms with Crippen molar-refractivity contribution >= 4 is 29.1 Å². The van der Waals surface area contributed by atoms with E-state index in [0.29, 0.717) is 32.1 Å². The highest BCUT2D eigenvalue weighted by Crippen LogP contribution is 2.37. The quantitative estimate of drug-likeness (QED) is 0.316. The summed E-state index contributed by atoms with van der Waals surface area (Å²) in [6.07, 6.45) is 0.605. The number of nitrogens with one attached hydrogen (secondary N) is 1. The van der Waals surface area contributed by atoms with Gasteiger partial charge in [-0.3, -0.25) is 0 Å². The number of nitrogen functional groups attached to an aromatic ring is 2. The van der Waals surface area contributed by atoms with Crippen molar-refractivity contribution in [1.82, 2.24) is 9.97 Å². The lowest BCUT2D eigenvalue weighted by Crippen LogP contribution is -2.23. The lowest BCUT2D eigenvalue weighted by Gasteiger charge is -2.21. The van der Waals surface area contributed by atoms with Gasteiger partial charge >= 0.3 is 0 Å². The predicted octanol–water partition coefficient (Wildman–Crippen LogP) is 4.45. The van der Waals surface area contributed by atoms with Gasteiger partial charge < -0.3 is 26.3 Å². The van der Waals surface area contributed by atoms with Crippen molar-refractivity contribution < 1.29 is 9.47 Å². The summed E-state index contributed by atoms with van der Waals surface area (Å²) in [4.78, 5) is 8.10. The van der Waals surface area contributed by atoms with Gasteiger partial charge in [-0.05, 0) is 23.1 Å². The molecule has 0 spiro atoms. The van der Waals surface area contributed by atoms with Crippen LogP contribution in [-0.2, 0) is 22.7 Å². The van der Waals surface area contributed by atoms with Crippen molar-refractivity contribution in [2.75, 3.05) is 23.4 Å². The number of aromatic nitrogens is 2. The summed E-state index contributed by atoms with van der Waals surface area (Å²) in [5.74, 6) is 0.456. The number of hydrogen-bond acceptors (Lipinski definition) is 7. The summed E-state index contributed by atoms with van der Waals surface area (Å²) < 4.78 is 12.4. The van der Waals surface area contributed by atoms with Gasteiger partial charge in [0, 0.05) is 5.92 Å². The van der Waals surface area contributed by atoms with Crippen molar-refractivity contribution in [2.24, 2.45) is 5.92 Å². The Hall–Kier alpha value is -3.13. The van der Waals surface area contributed by atoms with Crippen molar-refractivity contribution in [3.8, 4) is 0 Å². The van der Waals surface area contributed by atoms with Crippen molar-refractivity contribution in [1.29, 1.82) is 0 Å². The molecule has 3 aromatic rings. The molecule has 0 bridgehead atoms. The minimum Gasteiger partial charge on any atom is -0.393 e. The van der Waals surface area contributed by atoms with E-state index in [2.05, 4.69) is 21.9 Å². The molecule has 2 aromatic carbocycles. The number of hydrogen-bond donors (Lipinski definition) is 3. The van der Waals surface area contributed by atoms with E-state index in [4.69, 9.17) is 32.5 Å². The Labute approximate surface area is 198 Å². The second-order valence-electron chi connectivity index (χ2n) is 8.08. The van der Waals surface area contributed by atoms with E-state index in [-0.39, 0.29) is 34.9 Å². The molecule has 33 heavy (non-hydrogen) atoms. The highest BCUT2D eigenvalue weighted by Gasteiger charge is 2.39. The molecule has 0 saturated heterocycles. The molecule has 1 aromatic heterocycles. The fraction of sp³-hybridized carbons (Fsp3) is 0.280. The molecular weight excluding hydrogens is 438 g/mol. The van der Waals surface area contributed by atoms with Crippen LogP contribution in [0.1, 0.15) is 17.5 Å². The number of nitrogens with two attached hydrogens (primary N) is 2. The lowest BCUT2D eigenvalue weighted by molar-refractivity contribution is -0.0114. The molecule has 0 radical (unpaired) electrons. The summed E-state index contributed by atoms with van der Waals surface area (Å²) >= 11 is 6.08. The van der Waals surface area contributed by atoms with Crippen molar-refractivity contribution in [3.63, 3.8) is 0 Å². The van der Waals surface area contributed by atoms with Gasteiger partial charge in [-0.15, -0.1) is 0 Å². The molecule has 0 amide bonds. The second kappa shape index (κ2) is 10.7. The topological polar surface area (TPSA) is 108 Å². The first-order valence-corrected chi connectivity index (χ1v) is 11.2. The van der Waals surface area contributed by atoms with Crippen LogP contribution in [0.25, 0.3) is 0 Å². The summed E-state index contributed by atoms with van der Waals surface area (Å²) in [6.45, 7) is 5.88. The van der Waals surface area contributed by atoms with E-state index in [1.807, 2.05) is 60.7 Å². The minimum atomic E-state index is -0.122. The Bertz CT molecular complexity index is 1080. The standard InChI is InChI=1S/C25H28ClN5O2/c1-16-19(15-32-13-17-8-4-2-5-9-17)21(33-14-18-10-6-3-7-11-18)12-20(16)29-24-22(27)23(26)30-25(28)31-24/h2-11,19-21H,1,12-15,27H2,(H3,28,29,30,31)/t19-,20-,21-/m0/s1. The summed E-state index contributed by atoms with van der Waals surface area (Å²) in [6, 6.07) is 20.1. The summed E-state index contributed by atoms with van der Waals surface area (Å²) in [5, 5.41) is 3.45. The van der Waals surface area contributed by atoms with Crippen LogP contribution in [0.3, 0.4) is 0 Å². The Morgan fingerprint density at radius 3 is 2.27 bits per heavy atom. The number of anilines is 3. The number of halogens is 1.